The van der Waals surface area contributed by atoms with Gasteiger partial charge in [-0.25, -0.2) is 0 Å². The number of thiophene rings is 1. The highest BCUT2D eigenvalue weighted by atomic mass is 79.9. The highest BCUT2D eigenvalue weighted by Crippen LogP contribution is 2.39. The molecule has 7 heteroatoms. The summed E-state index contributed by atoms with van der Waals surface area (Å²) >= 11 is 15.0. The third-order valence-corrected chi connectivity index (χ3v) is 5.29. The average Bonchev–Trinajstić information content (AvgIpc) is 2.80. The molecular weight excluding hydrogens is 401 g/mol. The lowest BCUT2D eigenvalue weighted by atomic mass is 10.1. The Balaban J connectivity index is 2.49. The van der Waals surface area contributed by atoms with Crippen LogP contribution in [0.1, 0.15) is 24.2 Å². The maximum absolute atomic E-state index is 6.24. The van der Waals surface area contributed by atoms with E-state index in [9.17, 15) is 0 Å². The van der Waals surface area contributed by atoms with Crippen molar-refractivity contribution in [3.05, 3.63) is 36.1 Å². The van der Waals surface area contributed by atoms with Gasteiger partial charge in [-0.2, -0.15) is 5.10 Å². The van der Waals surface area contributed by atoms with E-state index >= 15 is 0 Å². The number of nitrogens with one attached hydrogen (secondary N) is 1. The van der Waals surface area contributed by atoms with E-state index in [0.29, 0.717) is 5.02 Å². The number of halogens is 3. The van der Waals surface area contributed by atoms with Gasteiger partial charge in [0.2, 0.25) is 0 Å². The molecular formula is C11H12Br2ClN3S. The summed E-state index contributed by atoms with van der Waals surface area (Å²) in [6.07, 6.45) is 1.68. The molecule has 1 unspecified atom stereocenters. The minimum Gasteiger partial charge on any atom is -0.305 e. The molecule has 2 aromatic rings. The van der Waals surface area contributed by atoms with E-state index in [-0.39, 0.29) is 6.04 Å². The van der Waals surface area contributed by atoms with Gasteiger partial charge in [-0.3, -0.25) is 4.68 Å². The van der Waals surface area contributed by atoms with Crippen molar-refractivity contribution >= 4 is 54.8 Å². The molecule has 0 aromatic carbocycles. The molecule has 0 aliphatic carbocycles. The highest BCUT2D eigenvalue weighted by molar-refractivity contribution is 9.12. The van der Waals surface area contributed by atoms with Gasteiger partial charge in [0, 0.05) is 12.6 Å². The first-order valence-corrected chi connectivity index (χ1v) is 8.18. The topological polar surface area (TPSA) is 29.9 Å². The minimum absolute atomic E-state index is 0.0342. The zero-order chi connectivity index (χ0) is 13.3. The van der Waals surface area contributed by atoms with E-state index in [1.807, 2.05) is 11.7 Å². The third-order valence-electron chi connectivity index (χ3n) is 2.61. The Morgan fingerprint density at radius 1 is 1.56 bits per heavy atom. The van der Waals surface area contributed by atoms with Gasteiger partial charge >= 0.3 is 0 Å². The van der Waals surface area contributed by atoms with Crippen LogP contribution in [-0.4, -0.2) is 16.3 Å². The van der Waals surface area contributed by atoms with E-state index in [1.54, 1.807) is 17.5 Å². The van der Waals surface area contributed by atoms with Crippen molar-refractivity contribution < 1.29 is 0 Å². The minimum atomic E-state index is 0.0342. The fourth-order valence-electron chi connectivity index (χ4n) is 1.85. The van der Waals surface area contributed by atoms with Crippen molar-refractivity contribution in [2.24, 2.45) is 7.05 Å². The summed E-state index contributed by atoms with van der Waals surface area (Å²) in [7, 11) is 1.90. The molecule has 18 heavy (non-hydrogen) atoms. The Morgan fingerprint density at radius 3 is 2.72 bits per heavy atom. The molecule has 0 amide bonds. The number of hydrogen-bond donors (Lipinski definition) is 1. The van der Waals surface area contributed by atoms with Crippen molar-refractivity contribution in [3.63, 3.8) is 0 Å². The Morgan fingerprint density at radius 2 is 2.28 bits per heavy atom. The van der Waals surface area contributed by atoms with Crippen molar-refractivity contribution in [3.8, 4) is 0 Å². The van der Waals surface area contributed by atoms with Gasteiger partial charge < -0.3 is 5.32 Å². The van der Waals surface area contributed by atoms with Crippen LogP contribution < -0.4 is 5.32 Å². The summed E-state index contributed by atoms with van der Waals surface area (Å²) < 4.78 is 4.00. The van der Waals surface area contributed by atoms with Crippen LogP contribution in [0.25, 0.3) is 0 Å². The summed E-state index contributed by atoms with van der Waals surface area (Å²) in [5, 5.41) is 8.33. The van der Waals surface area contributed by atoms with Gasteiger partial charge in [-0.05, 0) is 44.5 Å². The summed E-state index contributed by atoms with van der Waals surface area (Å²) in [6.45, 7) is 2.93. The smallest absolute Gasteiger partial charge is 0.0837 e. The summed E-state index contributed by atoms with van der Waals surface area (Å²) in [5.74, 6) is 0. The molecule has 0 saturated carbocycles. The lowest BCUT2D eigenvalue weighted by molar-refractivity contribution is 0.573. The molecule has 0 bridgehead atoms. The predicted octanol–water partition coefficient (Wildman–Crippen LogP) is 4.36. The van der Waals surface area contributed by atoms with Crippen molar-refractivity contribution in [2.75, 3.05) is 6.54 Å². The molecule has 0 fully saturated rings. The van der Waals surface area contributed by atoms with E-state index in [2.05, 4.69) is 55.3 Å². The van der Waals surface area contributed by atoms with Crippen LogP contribution in [-0.2, 0) is 7.05 Å². The predicted molar refractivity (Wildman–Crippen MR) is 83.5 cm³/mol. The fourth-order valence-corrected chi connectivity index (χ4v) is 5.03. The monoisotopic (exact) mass is 411 g/mol. The fraction of sp³-hybridized carbons (Fsp3) is 0.364. The molecule has 3 nitrogen and oxygen atoms in total. The van der Waals surface area contributed by atoms with E-state index < -0.39 is 0 Å². The van der Waals surface area contributed by atoms with Crippen LogP contribution in [0.3, 0.4) is 0 Å². The lowest BCUT2D eigenvalue weighted by Crippen LogP contribution is -2.24. The van der Waals surface area contributed by atoms with E-state index in [0.717, 1.165) is 19.8 Å². The van der Waals surface area contributed by atoms with Crippen LogP contribution in [0, 0.1) is 0 Å². The van der Waals surface area contributed by atoms with Gasteiger partial charge in [0.1, 0.15) is 0 Å². The Labute approximate surface area is 132 Å². The molecule has 98 valence electrons. The maximum atomic E-state index is 6.24. The quantitative estimate of drug-likeness (QED) is 0.807. The molecule has 1 atom stereocenters. The van der Waals surface area contributed by atoms with Crippen LogP contribution in [0.5, 0.6) is 0 Å². The highest BCUT2D eigenvalue weighted by Gasteiger charge is 2.23. The average molecular weight is 414 g/mol. The van der Waals surface area contributed by atoms with Crippen molar-refractivity contribution in [1.29, 1.82) is 0 Å². The van der Waals surface area contributed by atoms with Gasteiger partial charge in [0.05, 0.1) is 30.5 Å². The first-order valence-electron chi connectivity index (χ1n) is 5.40. The number of rotatable bonds is 4. The summed E-state index contributed by atoms with van der Waals surface area (Å²) in [5.41, 5.74) is 2.14. The van der Waals surface area contributed by atoms with Crippen molar-refractivity contribution in [2.45, 2.75) is 13.0 Å². The summed E-state index contributed by atoms with van der Waals surface area (Å²) in [4.78, 5) is 0. The molecule has 0 spiro atoms. The zero-order valence-corrected chi connectivity index (χ0v) is 14.6. The van der Waals surface area contributed by atoms with Crippen molar-refractivity contribution in [1.82, 2.24) is 15.1 Å². The molecule has 0 radical (unpaired) electrons. The molecule has 0 aliphatic rings. The zero-order valence-electron chi connectivity index (χ0n) is 9.88. The number of aromatic nitrogens is 2. The second kappa shape index (κ2) is 6.05. The molecule has 1 N–H and O–H groups in total. The molecule has 2 heterocycles. The number of hydrogen-bond acceptors (Lipinski definition) is 3. The molecule has 0 aliphatic heterocycles. The Hall–Kier alpha value is 0.120. The number of nitrogens with zero attached hydrogens (tertiary/aromatic N) is 2. The van der Waals surface area contributed by atoms with Crippen LogP contribution in [0.2, 0.25) is 5.02 Å². The molecule has 0 saturated heterocycles. The maximum Gasteiger partial charge on any atom is 0.0837 e. The van der Waals surface area contributed by atoms with Crippen LogP contribution >= 0.6 is 54.8 Å². The first kappa shape index (κ1) is 14.5. The molecule has 2 aromatic heterocycles. The van der Waals surface area contributed by atoms with Gasteiger partial charge in [-0.1, -0.05) is 18.5 Å². The Kier molecular flexibility index (Phi) is 4.88. The third kappa shape index (κ3) is 2.82. The van der Waals surface area contributed by atoms with Crippen LogP contribution in [0.15, 0.2) is 19.8 Å². The lowest BCUT2D eigenvalue weighted by Gasteiger charge is -2.18. The van der Waals surface area contributed by atoms with Gasteiger partial charge in [0.15, 0.2) is 0 Å². The van der Waals surface area contributed by atoms with Gasteiger partial charge in [-0.15, -0.1) is 11.3 Å². The largest absolute Gasteiger partial charge is 0.305 e. The molecule has 2 rings (SSSR count). The standard InChI is InChI=1S/C11H12Br2ClN3S/c1-3-15-9(6-4-8(12)18-11(6)13)10-7(14)5-16-17(10)2/h4-5,9,15H,3H2,1-2H3. The Bertz CT molecular complexity index is 533. The normalized spacial score (nSPS) is 12.9. The SMILES string of the molecule is CCNC(c1cc(Br)sc1Br)c1c(Cl)cnn1C. The number of aryl methyl sites for hydroxylation is 1. The second-order valence-corrected chi connectivity index (χ2v) is 7.93. The van der Waals surface area contributed by atoms with E-state index in [1.165, 1.54) is 5.56 Å². The van der Waals surface area contributed by atoms with Crippen LogP contribution in [0.4, 0.5) is 0 Å². The second-order valence-electron chi connectivity index (χ2n) is 3.77. The summed E-state index contributed by atoms with van der Waals surface area (Å²) in [6, 6.07) is 2.14. The van der Waals surface area contributed by atoms with Gasteiger partial charge in [0.25, 0.3) is 0 Å². The van der Waals surface area contributed by atoms with E-state index in [4.69, 9.17) is 11.6 Å². The first-order chi connectivity index (χ1) is 8.54.